The van der Waals surface area contributed by atoms with Crippen molar-refractivity contribution in [3.8, 4) is 0 Å². The fraction of sp³-hybridized carbons (Fsp3) is 1.00. The summed E-state index contributed by atoms with van der Waals surface area (Å²) >= 11 is 0.767. The van der Waals surface area contributed by atoms with Crippen LogP contribution < -0.4 is 0 Å². The minimum absolute atomic E-state index is 0.745. The molecule has 0 amide bonds. The predicted molar refractivity (Wildman–Crippen MR) is 30.9 cm³/mol. The minimum atomic E-state index is -0.745. The number of ether oxygens (including phenoxy) is 3. The molecule has 0 aromatic heterocycles. The van der Waals surface area contributed by atoms with Gasteiger partial charge >= 0.3 is 62.1 Å². The Bertz CT molecular complexity index is 54.0. The van der Waals surface area contributed by atoms with E-state index in [-0.39, 0.29) is 0 Å². The number of methoxy groups -OCH3 is 3. The Hall–Kier alpha value is 0.679. The molecule has 0 bridgehead atoms. The third-order valence-corrected chi connectivity index (χ3v) is 2.87. The molecule has 0 aromatic rings. The topological polar surface area (TPSA) is 27.7 Å². The monoisotopic (exact) mass is 226 g/mol. The normalized spacial score (nSPS) is 12.0. The zero-order valence-electron chi connectivity index (χ0n) is 5.30. The number of rotatable bonds is 3. The summed E-state index contributed by atoms with van der Waals surface area (Å²) in [6, 6.07) is 0. The molecule has 0 atom stereocenters. The van der Waals surface area contributed by atoms with Crippen molar-refractivity contribution >= 4 is 22.5 Å². The number of hydrogen-bond donors (Lipinski definition) is 0. The second-order valence-corrected chi connectivity index (χ2v) is 3.23. The van der Waals surface area contributed by atoms with E-state index in [1.807, 2.05) is 0 Å². The van der Waals surface area contributed by atoms with E-state index >= 15 is 0 Å². The van der Waals surface area contributed by atoms with E-state index in [1.54, 1.807) is 21.3 Å². The Kier molecular flexibility index (Phi) is 3.97. The van der Waals surface area contributed by atoms with Gasteiger partial charge in [0.15, 0.2) is 0 Å². The van der Waals surface area contributed by atoms with Crippen molar-refractivity contribution in [1.82, 2.24) is 0 Å². The van der Waals surface area contributed by atoms with E-state index in [0.29, 0.717) is 0 Å². The Labute approximate surface area is 62.4 Å². The standard InChI is InChI=1S/C4H9O3.Sn.H/c1-5-4(6-2)7-3;;/h1-3H3;;. The maximum atomic E-state index is 4.85. The third kappa shape index (κ3) is 2.30. The first-order chi connectivity index (χ1) is 3.68. The van der Waals surface area contributed by atoms with E-state index in [0.717, 1.165) is 22.5 Å². The van der Waals surface area contributed by atoms with Gasteiger partial charge < -0.3 is 0 Å². The Morgan fingerprint density at radius 2 is 1.25 bits per heavy atom. The molecule has 0 rings (SSSR count). The molecule has 0 unspecified atom stereocenters. The van der Waals surface area contributed by atoms with Crippen molar-refractivity contribution in [2.24, 2.45) is 0 Å². The van der Waals surface area contributed by atoms with Gasteiger partial charge in [-0.2, -0.15) is 0 Å². The molecule has 4 heteroatoms. The van der Waals surface area contributed by atoms with Crippen LogP contribution in [-0.2, 0) is 14.2 Å². The van der Waals surface area contributed by atoms with Crippen LogP contribution in [0.15, 0.2) is 0 Å². The third-order valence-electron chi connectivity index (χ3n) is 0.854. The maximum absolute atomic E-state index is 4.85. The summed E-state index contributed by atoms with van der Waals surface area (Å²) in [5.74, 6) is 0. The summed E-state index contributed by atoms with van der Waals surface area (Å²) in [4.78, 5) is 0. The van der Waals surface area contributed by atoms with E-state index in [1.165, 1.54) is 0 Å². The molecule has 2 radical (unpaired) electrons. The summed E-state index contributed by atoms with van der Waals surface area (Å²) in [7, 11) is 4.66. The Morgan fingerprint density at radius 3 is 1.25 bits per heavy atom. The zero-order valence-corrected chi connectivity index (χ0v) is 8.60. The van der Waals surface area contributed by atoms with Gasteiger partial charge in [0.2, 0.25) is 0 Å². The van der Waals surface area contributed by atoms with Crippen LogP contribution in [0.3, 0.4) is 0 Å². The van der Waals surface area contributed by atoms with Crippen LogP contribution in [0, 0.1) is 0 Å². The quantitative estimate of drug-likeness (QED) is 0.475. The molecule has 48 valence electrons. The molecule has 0 heterocycles. The van der Waals surface area contributed by atoms with Gasteiger partial charge in [-0.3, -0.25) is 0 Å². The average Bonchev–Trinajstić information content (AvgIpc) is 1.87. The van der Waals surface area contributed by atoms with Crippen molar-refractivity contribution in [3.05, 3.63) is 0 Å². The van der Waals surface area contributed by atoms with Gasteiger partial charge in [0.1, 0.15) is 0 Å². The molecule has 0 saturated carbocycles. The van der Waals surface area contributed by atoms with E-state index in [4.69, 9.17) is 14.2 Å². The summed E-state index contributed by atoms with van der Waals surface area (Å²) in [6.07, 6.45) is 0. The van der Waals surface area contributed by atoms with Crippen molar-refractivity contribution in [2.45, 2.75) is 3.99 Å². The zero-order chi connectivity index (χ0) is 6.62. The fourth-order valence-corrected chi connectivity index (χ4v) is 0.250. The predicted octanol–water partition coefficient (Wildman–Crippen LogP) is -0.562. The van der Waals surface area contributed by atoms with Crippen molar-refractivity contribution < 1.29 is 14.2 Å². The van der Waals surface area contributed by atoms with E-state index < -0.39 is 3.99 Å². The van der Waals surface area contributed by atoms with Crippen LogP contribution in [0.4, 0.5) is 0 Å². The van der Waals surface area contributed by atoms with Crippen molar-refractivity contribution in [1.29, 1.82) is 0 Å². The van der Waals surface area contributed by atoms with Crippen LogP contribution in [-0.4, -0.2) is 47.8 Å². The molecule has 0 aliphatic heterocycles. The summed E-state index contributed by atoms with van der Waals surface area (Å²) in [5, 5.41) is 0. The Balaban J connectivity index is 3.58. The molecular formula is C4H10O3Sn. The van der Waals surface area contributed by atoms with Crippen LogP contribution in [0.1, 0.15) is 0 Å². The van der Waals surface area contributed by atoms with Gasteiger partial charge in [0.25, 0.3) is 0 Å². The van der Waals surface area contributed by atoms with E-state index in [9.17, 15) is 0 Å². The molecule has 3 nitrogen and oxygen atoms in total. The van der Waals surface area contributed by atoms with Crippen LogP contribution in [0.2, 0.25) is 0 Å². The molecule has 0 aliphatic carbocycles. The van der Waals surface area contributed by atoms with Crippen molar-refractivity contribution in [2.75, 3.05) is 21.3 Å². The molecule has 0 N–H and O–H groups in total. The molecule has 8 heavy (non-hydrogen) atoms. The second-order valence-electron chi connectivity index (χ2n) is 1.22. The molecule has 0 aliphatic rings. The first-order valence-corrected chi connectivity index (χ1v) is 3.77. The summed E-state index contributed by atoms with van der Waals surface area (Å²) in [5.41, 5.74) is 0. The number of hydrogen-bond acceptors (Lipinski definition) is 3. The summed E-state index contributed by atoms with van der Waals surface area (Å²) in [6.45, 7) is 0. The summed E-state index contributed by atoms with van der Waals surface area (Å²) < 4.78 is 13.8. The van der Waals surface area contributed by atoms with Gasteiger partial charge in [-0.1, -0.05) is 0 Å². The van der Waals surface area contributed by atoms with Gasteiger partial charge in [0.05, 0.1) is 0 Å². The molecule has 0 saturated heterocycles. The molecular weight excluding hydrogens is 215 g/mol. The molecule has 0 fully saturated rings. The first kappa shape index (κ1) is 8.68. The van der Waals surface area contributed by atoms with Gasteiger partial charge in [-0.15, -0.1) is 0 Å². The Morgan fingerprint density at radius 1 is 1.00 bits per heavy atom. The molecule has 0 spiro atoms. The van der Waals surface area contributed by atoms with Crippen LogP contribution >= 0.6 is 0 Å². The van der Waals surface area contributed by atoms with Gasteiger partial charge in [-0.05, 0) is 0 Å². The fourth-order valence-electron chi connectivity index (χ4n) is 0.250. The van der Waals surface area contributed by atoms with Crippen LogP contribution in [0.5, 0.6) is 0 Å². The van der Waals surface area contributed by atoms with E-state index in [2.05, 4.69) is 0 Å². The van der Waals surface area contributed by atoms with Gasteiger partial charge in [0, 0.05) is 0 Å². The average molecular weight is 225 g/mol. The first-order valence-electron chi connectivity index (χ1n) is 2.13. The molecule has 0 aromatic carbocycles. The van der Waals surface area contributed by atoms with Gasteiger partial charge in [-0.25, -0.2) is 0 Å². The van der Waals surface area contributed by atoms with Crippen molar-refractivity contribution in [3.63, 3.8) is 0 Å². The SMILES string of the molecule is CO[C]([SnH])(OC)OC. The van der Waals surface area contributed by atoms with Crippen LogP contribution in [0.25, 0.3) is 0 Å². The second kappa shape index (κ2) is 3.66.